The highest BCUT2D eigenvalue weighted by atomic mass is 19.1. The Morgan fingerprint density at radius 1 is 1.17 bits per heavy atom. The van der Waals surface area contributed by atoms with Gasteiger partial charge in [-0.1, -0.05) is 25.9 Å². The smallest absolute Gasteiger partial charge is 0.260 e. The fourth-order valence-electron chi connectivity index (χ4n) is 1.37. The molecule has 2 N–H and O–H groups in total. The second-order valence-corrected chi connectivity index (χ2v) is 5.03. The summed E-state index contributed by atoms with van der Waals surface area (Å²) in [5.41, 5.74) is 4.90. The number of hydrogen-bond donors (Lipinski definition) is 1. The molecule has 0 fully saturated rings. The summed E-state index contributed by atoms with van der Waals surface area (Å²) in [6.07, 6.45) is 0. The van der Waals surface area contributed by atoms with Crippen molar-refractivity contribution in [3.05, 3.63) is 29.6 Å². The molecule has 0 saturated carbocycles. The van der Waals surface area contributed by atoms with Gasteiger partial charge in [-0.2, -0.15) is 4.98 Å². The van der Waals surface area contributed by atoms with Crippen LogP contribution < -0.4 is 5.73 Å². The van der Waals surface area contributed by atoms with Gasteiger partial charge in [0.15, 0.2) is 5.82 Å². The number of nitrogens with two attached hydrogens (primary N) is 1. The molecule has 96 valence electrons. The van der Waals surface area contributed by atoms with Crippen LogP contribution in [-0.2, 0) is 5.41 Å². The van der Waals surface area contributed by atoms with E-state index < -0.39 is 11.6 Å². The van der Waals surface area contributed by atoms with E-state index in [0.717, 1.165) is 6.07 Å². The first kappa shape index (κ1) is 12.5. The normalized spacial score (nSPS) is 11.8. The van der Waals surface area contributed by atoms with E-state index in [2.05, 4.69) is 10.1 Å². The molecule has 0 bridgehead atoms. The third-order valence-corrected chi connectivity index (χ3v) is 2.41. The molecule has 18 heavy (non-hydrogen) atoms. The first-order chi connectivity index (χ1) is 8.29. The first-order valence-electron chi connectivity index (χ1n) is 5.38. The molecule has 0 aliphatic heterocycles. The highest BCUT2D eigenvalue weighted by molar-refractivity contribution is 5.61. The van der Waals surface area contributed by atoms with Crippen LogP contribution in [0.4, 0.5) is 14.5 Å². The molecule has 0 aliphatic rings. The Hall–Kier alpha value is -1.98. The van der Waals surface area contributed by atoms with Gasteiger partial charge in [0.05, 0.1) is 11.3 Å². The summed E-state index contributed by atoms with van der Waals surface area (Å²) in [7, 11) is 0. The molecule has 0 amide bonds. The van der Waals surface area contributed by atoms with E-state index in [1.54, 1.807) is 0 Å². The van der Waals surface area contributed by atoms with Gasteiger partial charge in [0.1, 0.15) is 11.6 Å². The van der Waals surface area contributed by atoms with E-state index in [0.29, 0.717) is 11.9 Å². The number of nitrogens with zero attached hydrogens (tertiary/aromatic N) is 2. The minimum atomic E-state index is -0.813. The zero-order valence-corrected chi connectivity index (χ0v) is 10.3. The highest BCUT2D eigenvalue weighted by Gasteiger charge is 2.23. The average Bonchev–Trinajstić information content (AvgIpc) is 2.72. The van der Waals surface area contributed by atoms with E-state index >= 15 is 0 Å². The molecule has 1 aromatic heterocycles. The van der Waals surface area contributed by atoms with Gasteiger partial charge >= 0.3 is 0 Å². The molecule has 2 rings (SSSR count). The van der Waals surface area contributed by atoms with Gasteiger partial charge in [0.2, 0.25) is 0 Å². The van der Waals surface area contributed by atoms with E-state index in [-0.39, 0.29) is 22.6 Å². The number of hydrogen-bond acceptors (Lipinski definition) is 4. The van der Waals surface area contributed by atoms with Crippen LogP contribution in [0.25, 0.3) is 11.5 Å². The van der Waals surface area contributed by atoms with Crippen LogP contribution in [0, 0.1) is 11.6 Å². The monoisotopic (exact) mass is 253 g/mol. The molecule has 0 spiro atoms. The molecular formula is C12H13F2N3O. The molecule has 0 unspecified atom stereocenters. The molecule has 0 aliphatic carbocycles. The maximum absolute atomic E-state index is 13.6. The van der Waals surface area contributed by atoms with E-state index in [1.165, 1.54) is 0 Å². The van der Waals surface area contributed by atoms with Crippen LogP contribution in [-0.4, -0.2) is 10.1 Å². The quantitative estimate of drug-likeness (QED) is 0.793. The number of aromatic nitrogens is 2. The van der Waals surface area contributed by atoms with Crippen LogP contribution in [0.15, 0.2) is 16.7 Å². The molecule has 0 saturated heterocycles. The Balaban J connectivity index is 2.50. The number of anilines is 1. The van der Waals surface area contributed by atoms with Gasteiger partial charge in [-0.3, -0.25) is 0 Å². The lowest BCUT2D eigenvalue weighted by atomic mass is 9.96. The van der Waals surface area contributed by atoms with Crippen molar-refractivity contribution in [2.24, 2.45) is 0 Å². The number of rotatable bonds is 1. The summed E-state index contributed by atoms with van der Waals surface area (Å²) < 4.78 is 31.6. The fraction of sp³-hybridized carbons (Fsp3) is 0.333. The Morgan fingerprint density at radius 3 is 2.39 bits per heavy atom. The van der Waals surface area contributed by atoms with Crippen molar-refractivity contribution in [3.8, 4) is 11.5 Å². The van der Waals surface area contributed by atoms with Crippen molar-refractivity contribution < 1.29 is 13.3 Å². The molecular weight excluding hydrogens is 240 g/mol. The summed E-state index contributed by atoms with van der Waals surface area (Å²) in [4.78, 5) is 4.09. The molecule has 1 aromatic carbocycles. The molecule has 4 nitrogen and oxygen atoms in total. The van der Waals surface area contributed by atoms with Crippen LogP contribution in [0.5, 0.6) is 0 Å². The van der Waals surface area contributed by atoms with Gasteiger partial charge in [-0.25, -0.2) is 8.78 Å². The van der Waals surface area contributed by atoms with E-state index in [1.807, 2.05) is 20.8 Å². The predicted molar refractivity (Wildman–Crippen MR) is 62.8 cm³/mol. The average molecular weight is 253 g/mol. The summed E-state index contributed by atoms with van der Waals surface area (Å²) in [5, 5.41) is 3.77. The molecule has 6 heteroatoms. The van der Waals surface area contributed by atoms with Gasteiger partial charge < -0.3 is 10.3 Å². The van der Waals surface area contributed by atoms with E-state index in [4.69, 9.17) is 10.3 Å². The fourth-order valence-corrected chi connectivity index (χ4v) is 1.37. The number of nitrogen functional groups attached to an aromatic ring is 1. The summed E-state index contributed by atoms with van der Waals surface area (Å²) >= 11 is 0. The first-order valence-corrected chi connectivity index (χ1v) is 5.38. The van der Waals surface area contributed by atoms with Crippen molar-refractivity contribution >= 4 is 5.69 Å². The van der Waals surface area contributed by atoms with Crippen molar-refractivity contribution in [1.82, 2.24) is 10.1 Å². The second-order valence-electron chi connectivity index (χ2n) is 5.03. The van der Waals surface area contributed by atoms with Gasteiger partial charge in [-0.05, 0) is 6.07 Å². The SMILES string of the molecule is CC(C)(C)c1noc(-c2cc(N)c(F)cc2F)n1. The third-order valence-electron chi connectivity index (χ3n) is 2.41. The lowest BCUT2D eigenvalue weighted by Gasteiger charge is -2.10. The van der Waals surface area contributed by atoms with Crippen LogP contribution in [0.1, 0.15) is 26.6 Å². The van der Waals surface area contributed by atoms with Crippen molar-refractivity contribution in [3.63, 3.8) is 0 Å². The van der Waals surface area contributed by atoms with Gasteiger partial charge in [0.25, 0.3) is 5.89 Å². The molecule has 0 radical (unpaired) electrons. The van der Waals surface area contributed by atoms with Crippen molar-refractivity contribution in [2.75, 3.05) is 5.73 Å². The Morgan fingerprint density at radius 2 is 1.83 bits per heavy atom. The maximum Gasteiger partial charge on any atom is 0.260 e. The lowest BCUT2D eigenvalue weighted by Crippen LogP contribution is -2.13. The third kappa shape index (κ3) is 2.18. The van der Waals surface area contributed by atoms with Gasteiger partial charge in [0, 0.05) is 11.5 Å². The zero-order chi connectivity index (χ0) is 13.5. The van der Waals surface area contributed by atoms with Crippen LogP contribution in [0.2, 0.25) is 0 Å². The number of halogens is 2. The van der Waals surface area contributed by atoms with Crippen LogP contribution >= 0.6 is 0 Å². The zero-order valence-electron chi connectivity index (χ0n) is 10.3. The summed E-state index contributed by atoms with van der Waals surface area (Å²) in [6, 6.07) is 1.84. The standard InChI is InChI=1S/C12H13F2N3O/c1-12(2,3)11-16-10(18-17-11)6-4-9(15)8(14)5-7(6)13/h4-5H,15H2,1-3H3. The van der Waals surface area contributed by atoms with Gasteiger partial charge in [-0.15, -0.1) is 0 Å². The highest BCUT2D eigenvalue weighted by Crippen LogP contribution is 2.28. The molecule has 2 aromatic rings. The topological polar surface area (TPSA) is 64.9 Å². The van der Waals surface area contributed by atoms with E-state index in [9.17, 15) is 8.78 Å². The van der Waals surface area contributed by atoms with Crippen molar-refractivity contribution in [1.29, 1.82) is 0 Å². The van der Waals surface area contributed by atoms with Crippen molar-refractivity contribution in [2.45, 2.75) is 26.2 Å². The predicted octanol–water partition coefficient (Wildman–Crippen LogP) is 2.89. The minimum Gasteiger partial charge on any atom is -0.396 e. The molecule has 1 heterocycles. The Bertz CT molecular complexity index is 587. The Kier molecular flexibility index (Phi) is 2.80. The maximum atomic E-state index is 13.6. The number of benzene rings is 1. The minimum absolute atomic E-state index is 0.00287. The second kappa shape index (κ2) is 4.04. The van der Waals surface area contributed by atoms with Crippen LogP contribution in [0.3, 0.4) is 0 Å². The Labute approximate surface area is 103 Å². The summed E-state index contributed by atoms with van der Waals surface area (Å²) in [5.74, 6) is -1.17. The summed E-state index contributed by atoms with van der Waals surface area (Å²) in [6.45, 7) is 5.70. The molecule has 0 atom stereocenters. The largest absolute Gasteiger partial charge is 0.396 e. The lowest BCUT2D eigenvalue weighted by molar-refractivity contribution is 0.401.